The minimum absolute atomic E-state index is 0.0511. The summed E-state index contributed by atoms with van der Waals surface area (Å²) in [6.07, 6.45) is 3.33. The summed E-state index contributed by atoms with van der Waals surface area (Å²) in [5, 5.41) is 4.02. The Kier molecular flexibility index (Phi) is 4.44. The highest BCUT2D eigenvalue weighted by Gasteiger charge is 2.16. The molecule has 4 rings (SSSR count). The highest BCUT2D eigenvalue weighted by molar-refractivity contribution is 6.00. The predicted molar refractivity (Wildman–Crippen MR) is 100 cm³/mol. The van der Waals surface area contributed by atoms with E-state index in [1.807, 2.05) is 30.3 Å². The second-order valence-corrected chi connectivity index (χ2v) is 6.47. The van der Waals surface area contributed by atoms with Crippen LogP contribution in [0.1, 0.15) is 17.5 Å². The molecule has 0 radical (unpaired) electrons. The van der Waals surface area contributed by atoms with E-state index in [0.717, 1.165) is 42.6 Å². The first kappa shape index (κ1) is 15.8. The van der Waals surface area contributed by atoms with Gasteiger partial charge in [-0.2, -0.15) is 0 Å². The second-order valence-electron chi connectivity index (χ2n) is 6.47. The molecule has 2 aromatic carbocycles. The Hall–Kier alpha value is -2.72. The minimum Gasteiger partial charge on any atom is -0.325 e. The van der Waals surface area contributed by atoms with Crippen LogP contribution in [0.3, 0.4) is 0 Å². The van der Waals surface area contributed by atoms with E-state index >= 15 is 0 Å². The number of benzene rings is 2. The Labute approximate surface area is 147 Å². The summed E-state index contributed by atoms with van der Waals surface area (Å²) in [4.78, 5) is 19.1. The summed E-state index contributed by atoms with van der Waals surface area (Å²) in [6.45, 7) is 2.73. The summed E-state index contributed by atoms with van der Waals surface area (Å²) in [5.41, 5.74) is 4.55. The standard InChI is InChI=1S/C21H21N3O/c25-21(23-20-9-3-8-19-18(20)7-4-12-22-19)11-14-24-13-10-16-5-1-2-6-17(16)15-24/h1-9,12H,10-11,13-15H2,(H,23,25). The van der Waals surface area contributed by atoms with Crippen LogP contribution in [0.4, 0.5) is 5.69 Å². The number of carbonyl (C=O) groups is 1. The van der Waals surface area contributed by atoms with Crippen LogP contribution in [0.2, 0.25) is 0 Å². The van der Waals surface area contributed by atoms with Crippen LogP contribution >= 0.6 is 0 Å². The van der Waals surface area contributed by atoms with Gasteiger partial charge in [0.2, 0.25) is 5.91 Å². The molecule has 0 unspecified atom stereocenters. The normalized spacial score (nSPS) is 14.2. The molecule has 126 valence electrons. The van der Waals surface area contributed by atoms with Crippen LogP contribution in [0, 0.1) is 0 Å². The molecule has 0 bridgehead atoms. The number of hydrogen-bond acceptors (Lipinski definition) is 3. The van der Waals surface area contributed by atoms with E-state index < -0.39 is 0 Å². The molecule has 0 saturated carbocycles. The number of carbonyl (C=O) groups excluding carboxylic acids is 1. The SMILES string of the molecule is O=C(CCN1CCc2ccccc2C1)Nc1cccc2ncccc12. The highest BCUT2D eigenvalue weighted by Crippen LogP contribution is 2.22. The zero-order valence-corrected chi connectivity index (χ0v) is 14.1. The van der Waals surface area contributed by atoms with Crippen LogP contribution in [0.25, 0.3) is 10.9 Å². The van der Waals surface area contributed by atoms with Gasteiger partial charge >= 0.3 is 0 Å². The maximum absolute atomic E-state index is 12.4. The predicted octanol–water partition coefficient (Wildman–Crippen LogP) is 3.62. The molecule has 1 aliphatic rings. The summed E-state index contributed by atoms with van der Waals surface area (Å²) >= 11 is 0. The van der Waals surface area contributed by atoms with Crippen molar-refractivity contribution in [3.63, 3.8) is 0 Å². The molecule has 2 heterocycles. The van der Waals surface area contributed by atoms with Gasteiger partial charge in [0.1, 0.15) is 0 Å². The van der Waals surface area contributed by atoms with Gasteiger partial charge in [0.25, 0.3) is 0 Å². The Bertz CT molecular complexity index is 901. The van der Waals surface area contributed by atoms with E-state index in [0.29, 0.717) is 6.42 Å². The van der Waals surface area contributed by atoms with Gasteiger partial charge < -0.3 is 5.32 Å². The fourth-order valence-corrected chi connectivity index (χ4v) is 3.43. The lowest BCUT2D eigenvalue weighted by Crippen LogP contribution is -2.33. The number of nitrogens with zero attached hydrogens (tertiary/aromatic N) is 2. The van der Waals surface area contributed by atoms with Gasteiger partial charge in [0, 0.05) is 37.6 Å². The molecule has 0 fully saturated rings. The number of fused-ring (bicyclic) bond motifs is 2. The third kappa shape index (κ3) is 3.54. The fraction of sp³-hybridized carbons (Fsp3) is 0.238. The van der Waals surface area contributed by atoms with Gasteiger partial charge in [-0.25, -0.2) is 0 Å². The van der Waals surface area contributed by atoms with Crippen molar-refractivity contribution in [2.45, 2.75) is 19.4 Å². The van der Waals surface area contributed by atoms with Crippen molar-refractivity contribution in [1.29, 1.82) is 0 Å². The Morgan fingerprint density at radius 3 is 2.84 bits per heavy atom. The van der Waals surface area contributed by atoms with Crippen LogP contribution in [0.5, 0.6) is 0 Å². The zero-order valence-electron chi connectivity index (χ0n) is 14.1. The van der Waals surface area contributed by atoms with Crippen LogP contribution in [-0.2, 0) is 17.8 Å². The molecule has 1 amide bonds. The third-order valence-electron chi connectivity index (χ3n) is 4.78. The van der Waals surface area contributed by atoms with E-state index in [-0.39, 0.29) is 5.91 Å². The molecule has 4 heteroatoms. The molecule has 0 spiro atoms. The summed E-state index contributed by atoms with van der Waals surface area (Å²) in [5.74, 6) is 0.0511. The smallest absolute Gasteiger partial charge is 0.225 e. The van der Waals surface area contributed by atoms with Crippen molar-refractivity contribution in [2.24, 2.45) is 0 Å². The molecule has 0 aliphatic carbocycles. The van der Waals surface area contributed by atoms with Crippen molar-refractivity contribution < 1.29 is 4.79 Å². The monoisotopic (exact) mass is 331 g/mol. The quantitative estimate of drug-likeness (QED) is 0.794. The van der Waals surface area contributed by atoms with E-state index in [1.54, 1.807) is 6.20 Å². The largest absolute Gasteiger partial charge is 0.325 e. The number of amides is 1. The van der Waals surface area contributed by atoms with E-state index in [2.05, 4.69) is 39.5 Å². The fourth-order valence-electron chi connectivity index (χ4n) is 3.43. The minimum atomic E-state index is 0.0511. The maximum Gasteiger partial charge on any atom is 0.225 e. The van der Waals surface area contributed by atoms with Crippen molar-refractivity contribution in [3.8, 4) is 0 Å². The summed E-state index contributed by atoms with van der Waals surface area (Å²) in [7, 11) is 0. The highest BCUT2D eigenvalue weighted by atomic mass is 16.1. The first-order valence-corrected chi connectivity index (χ1v) is 8.72. The van der Waals surface area contributed by atoms with Crippen molar-refractivity contribution in [1.82, 2.24) is 9.88 Å². The third-order valence-corrected chi connectivity index (χ3v) is 4.78. The molecular formula is C21H21N3O. The van der Waals surface area contributed by atoms with Crippen molar-refractivity contribution >= 4 is 22.5 Å². The molecule has 1 N–H and O–H groups in total. The molecule has 3 aromatic rings. The lowest BCUT2D eigenvalue weighted by Gasteiger charge is -2.28. The van der Waals surface area contributed by atoms with Crippen LogP contribution < -0.4 is 5.32 Å². The topological polar surface area (TPSA) is 45.2 Å². The molecular weight excluding hydrogens is 310 g/mol. The maximum atomic E-state index is 12.4. The summed E-state index contributed by atoms with van der Waals surface area (Å²) in [6, 6.07) is 18.3. The second kappa shape index (κ2) is 7.03. The van der Waals surface area contributed by atoms with Crippen LogP contribution in [-0.4, -0.2) is 28.9 Å². The lowest BCUT2D eigenvalue weighted by atomic mass is 10.00. The number of rotatable bonds is 4. The first-order chi connectivity index (χ1) is 12.3. The van der Waals surface area contributed by atoms with Gasteiger partial charge in [-0.3, -0.25) is 14.7 Å². The molecule has 4 nitrogen and oxygen atoms in total. The van der Waals surface area contributed by atoms with Crippen molar-refractivity contribution in [2.75, 3.05) is 18.4 Å². The van der Waals surface area contributed by atoms with E-state index in [4.69, 9.17) is 0 Å². The van der Waals surface area contributed by atoms with Crippen LogP contribution in [0.15, 0.2) is 60.8 Å². The zero-order chi connectivity index (χ0) is 17.1. The number of anilines is 1. The summed E-state index contributed by atoms with van der Waals surface area (Å²) < 4.78 is 0. The molecule has 0 saturated heterocycles. The van der Waals surface area contributed by atoms with E-state index in [9.17, 15) is 4.79 Å². The number of pyridine rings is 1. The Morgan fingerprint density at radius 2 is 1.92 bits per heavy atom. The Morgan fingerprint density at radius 1 is 1.04 bits per heavy atom. The molecule has 0 atom stereocenters. The van der Waals surface area contributed by atoms with Gasteiger partial charge in [-0.1, -0.05) is 30.3 Å². The number of hydrogen-bond donors (Lipinski definition) is 1. The molecule has 1 aliphatic heterocycles. The molecule has 1 aromatic heterocycles. The number of nitrogens with one attached hydrogen (secondary N) is 1. The molecule has 25 heavy (non-hydrogen) atoms. The Balaban J connectivity index is 1.37. The van der Waals surface area contributed by atoms with Gasteiger partial charge in [0.05, 0.1) is 11.2 Å². The average molecular weight is 331 g/mol. The van der Waals surface area contributed by atoms with Crippen molar-refractivity contribution in [3.05, 3.63) is 71.9 Å². The van der Waals surface area contributed by atoms with Gasteiger partial charge in [0.15, 0.2) is 0 Å². The lowest BCUT2D eigenvalue weighted by molar-refractivity contribution is -0.116. The van der Waals surface area contributed by atoms with Gasteiger partial charge in [-0.05, 0) is 41.8 Å². The van der Waals surface area contributed by atoms with E-state index in [1.165, 1.54) is 11.1 Å². The number of aromatic nitrogens is 1. The first-order valence-electron chi connectivity index (χ1n) is 8.72. The van der Waals surface area contributed by atoms with Gasteiger partial charge in [-0.15, -0.1) is 0 Å². The average Bonchev–Trinajstić information content (AvgIpc) is 2.66.